The Morgan fingerprint density at radius 3 is 2.00 bits per heavy atom. The Balaban J connectivity index is 0. The zero-order valence-corrected chi connectivity index (χ0v) is 12.2. The molecule has 1 aliphatic rings. The highest BCUT2D eigenvalue weighted by Crippen LogP contribution is 2.16. The van der Waals surface area contributed by atoms with Crippen LogP contribution in [0.2, 0.25) is 0 Å². The van der Waals surface area contributed by atoms with E-state index in [-0.39, 0.29) is 0 Å². The minimum atomic E-state index is 0.852. The molecule has 1 nitrogen and oxygen atoms in total. The molecule has 1 rings (SSSR count). The summed E-state index contributed by atoms with van der Waals surface area (Å²) in [7, 11) is 2.11. The molecule has 0 N–H and O–H groups in total. The van der Waals surface area contributed by atoms with E-state index in [2.05, 4.69) is 25.1 Å². The molecule has 1 aliphatic heterocycles. The number of piperidine rings is 1. The minimum absolute atomic E-state index is 0.852. The summed E-state index contributed by atoms with van der Waals surface area (Å²) in [4.78, 5) is 2.26. The molecule has 0 aromatic rings. The standard InChI is InChI=1S/C8H13N.C4H7Cl.C2H6/c1-7-4-5-9(3)6-8(7)2;1-3-4(2)5;1-2/h1-2,4-6H2,3H3;3H,1-2H3;1-2H3/b;4-3+;. The predicted molar refractivity (Wildman–Crippen MR) is 77.0 cm³/mol. The SMILES string of the molecule is C/C=C(\C)Cl.C=C1CCN(C)CC1=C.CC. The van der Waals surface area contributed by atoms with Crippen LogP contribution in [0.5, 0.6) is 0 Å². The second kappa shape index (κ2) is 11.0. The van der Waals surface area contributed by atoms with Crippen molar-refractivity contribution in [2.75, 3.05) is 20.1 Å². The van der Waals surface area contributed by atoms with E-state index in [0.29, 0.717) is 0 Å². The third-order valence-electron chi connectivity index (χ3n) is 2.15. The van der Waals surface area contributed by atoms with E-state index in [1.807, 2.05) is 33.8 Å². The number of hydrogen-bond donors (Lipinski definition) is 0. The fourth-order valence-corrected chi connectivity index (χ4v) is 1.02. The van der Waals surface area contributed by atoms with Gasteiger partial charge in [0.2, 0.25) is 0 Å². The summed E-state index contributed by atoms with van der Waals surface area (Å²) in [6.45, 7) is 17.7. The topological polar surface area (TPSA) is 3.24 Å². The number of allylic oxidation sites excluding steroid dienone is 2. The summed E-state index contributed by atoms with van der Waals surface area (Å²) in [5, 5.41) is 0.852. The highest BCUT2D eigenvalue weighted by atomic mass is 35.5. The van der Waals surface area contributed by atoms with Gasteiger partial charge < -0.3 is 4.90 Å². The van der Waals surface area contributed by atoms with Crippen LogP contribution in [0, 0.1) is 0 Å². The van der Waals surface area contributed by atoms with Crippen molar-refractivity contribution in [3.05, 3.63) is 35.4 Å². The molecule has 0 saturated carbocycles. The third kappa shape index (κ3) is 10.0. The summed E-state index contributed by atoms with van der Waals surface area (Å²) in [6, 6.07) is 0. The van der Waals surface area contributed by atoms with Crippen molar-refractivity contribution in [1.82, 2.24) is 4.90 Å². The first-order chi connectivity index (χ1) is 7.47. The molecular weight excluding hydrogens is 218 g/mol. The van der Waals surface area contributed by atoms with Crippen LogP contribution in [-0.4, -0.2) is 25.0 Å². The Bertz CT molecular complexity index is 237. The van der Waals surface area contributed by atoms with Gasteiger partial charge in [-0.2, -0.15) is 0 Å². The lowest BCUT2D eigenvalue weighted by Crippen LogP contribution is -2.27. The largest absolute Gasteiger partial charge is 0.302 e. The van der Waals surface area contributed by atoms with E-state index >= 15 is 0 Å². The molecule has 0 unspecified atom stereocenters. The van der Waals surface area contributed by atoms with Crippen molar-refractivity contribution in [1.29, 1.82) is 0 Å². The van der Waals surface area contributed by atoms with Crippen molar-refractivity contribution in [2.45, 2.75) is 34.1 Å². The van der Waals surface area contributed by atoms with Gasteiger partial charge in [0.15, 0.2) is 0 Å². The maximum absolute atomic E-state index is 5.32. The fourth-order valence-electron chi connectivity index (χ4n) is 1.02. The van der Waals surface area contributed by atoms with Gasteiger partial charge in [0.05, 0.1) is 0 Å². The van der Waals surface area contributed by atoms with Crippen molar-refractivity contribution in [3.63, 3.8) is 0 Å². The van der Waals surface area contributed by atoms with E-state index in [4.69, 9.17) is 11.6 Å². The fraction of sp³-hybridized carbons (Fsp3) is 0.571. The summed E-state index contributed by atoms with van der Waals surface area (Å²) in [6.07, 6.45) is 2.94. The minimum Gasteiger partial charge on any atom is -0.302 e. The second-order valence-corrected chi connectivity index (χ2v) is 4.17. The van der Waals surface area contributed by atoms with Gasteiger partial charge in [0.1, 0.15) is 0 Å². The molecular formula is C14H26ClN. The normalized spacial score (nSPS) is 17.0. The smallest absolute Gasteiger partial charge is 0.0227 e. The van der Waals surface area contributed by atoms with Crippen molar-refractivity contribution < 1.29 is 0 Å². The summed E-state index contributed by atoms with van der Waals surface area (Å²) in [5.41, 5.74) is 2.43. The van der Waals surface area contributed by atoms with Crippen LogP contribution in [0.25, 0.3) is 0 Å². The van der Waals surface area contributed by atoms with Crippen LogP contribution in [0.3, 0.4) is 0 Å². The van der Waals surface area contributed by atoms with Crippen LogP contribution < -0.4 is 0 Å². The van der Waals surface area contributed by atoms with Gasteiger partial charge in [-0.3, -0.25) is 0 Å². The van der Waals surface area contributed by atoms with Crippen LogP contribution in [0.4, 0.5) is 0 Å². The average Bonchev–Trinajstić information content (AvgIpc) is 2.27. The lowest BCUT2D eigenvalue weighted by Gasteiger charge is -2.25. The highest BCUT2D eigenvalue weighted by Gasteiger charge is 2.10. The van der Waals surface area contributed by atoms with Gasteiger partial charge in [-0.05, 0) is 32.9 Å². The molecule has 0 aromatic carbocycles. The van der Waals surface area contributed by atoms with Crippen LogP contribution >= 0.6 is 11.6 Å². The van der Waals surface area contributed by atoms with Crippen molar-refractivity contribution >= 4 is 11.6 Å². The molecule has 94 valence electrons. The van der Waals surface area contributed by atoms with Gasteiger partial charge in [-0.25, -0.2) is 0 Å². The Labute approximate surface area is 106 Å². The summed E-state index contributed by atoms with van der Waals surface area (Å²) >= 11 is 5.32. The zero-order chi connectivity index (χ0) is 13.1. The molecule has 0 amide bonds. The van der Waals surface area contributed by atoms with E-state index in [1.54, 1.807) is 0 Å². The van der Waals surface area contributed by atoms with E-state index in [0.717, 1.165) is 24.5 Å². The third-order valence-corrected chi connectivity index (χ3v) is 2.37. The molecule has 1 saturated heterocycles. The Kier molecular flexibility index (Phi) is 12.2. The molecule has 0 spiro atoms. The summed E-state index contributed by atoms with van der Waals surface area (Å²) < 4.78 is 0. The van der Waals surface area contributed by atoms with Crippen LogP contribution in [0.1, 0.15) is 34.1 Å². The number of hydrogen-bond acceptors (Lipinski definition) is 1. The Morgan fingerprint density at radius 1 is 1.31 bits per heavy atom. The monoisotopic (exact) mass is 243 g/mol. The zero-order valence-electron chi connectivity index (χ0n) is 11.4. The quantitative estimate of drug-likeness (QED) is 0.601. The van der Waals surface area contributed by atoms with Crippen molar-refractivity contribution in [2.24, 2.45) is 0 Å². The first-order valence-corrected chi connectivity index (χ1v) is 6.18. The van der Waals surface area contributed by atoms with Gasteiger partial charge >= 0.3 is 0 Å². The molecule has 1 heterocycles. The predicted octanol–water partition coefficient (Wildman–Crippen LogP) is 4.61. The number of likely N-dealkylation sites (N-methyl/N-ethyl adjacent to an activating group) is 1. The van der Waals surface area contributed by atoms with E-state index in [1.165, 1.54) is 11.1 Å². The number of likely N-dealkylation sites (tertiary alicyclic amines) is 1. The number of halogens is 1. The number of rotatable bonds is 0. The summed E-state index contributed by atoms with van der Waals surface area (Å²) in [5.74, 6) is 0. The van der Waals surface area contributed by atoms with Gasteiger partial charge in [0.25, 0.3) is 0 Å². The molecule has 0 aliphatic carbocycles. The van der Waals surface area contributed by atoms with Gasteiger partial charge in [0, 0.05) is 18.1 Å². The first kappa shape index (κ1) is 17.9. The van der Waals surface area contributed by atoms with Gasteiger partial charge in [-0.1, -0.05) is 50.3 Å². The Hall–Kier alpha value is -0.530. The number of nitrogens with zero attached hydrogens (tertiary/aromatic N) is 1. The molecule has 0 radical (unpaired) electrons. The van der Waals surface area contributed by atoms with Gasteiger partial charge in [-0.15, -0.1) is 0 Å². The van der Waals surface area contributed by atoms with Crippen molar-refractivity contribution in [3.8, 4) is 0 Å². The Morgan fingerprint density at radius 2 is 1.75 bits per heavy atom. The lowest BCUT2D eigenvalue weighted by molar-refractivity contribution is 0.349. The second-order valence-electron chi connectivity index (χ2n) is 3.57. The highest BCUT2D eigenvalue weighted by molar-refractivity contribution is 6.29. The maximum atomic E-state index is 5.32. The van der Waals surface area contributed by atoms with E-state index < -0.39 is 0 Å². The molecule has 1 fully saturated rings. The van der Waals surface area contributed by atoms with E-state index in [9.17, 15) is 0 Å². The molecule has 0 aromatic heterocycles. The first-order valence-electron chi connectivity index (χ1n) is 5.80. The molecule has 2 heteroatoms. The molecule has 0 bridgehead atoms. The molecule has 16 heavy (non-hydrogen) atoms. The average molecular weight is 244 g/mol. The maximum Gasteiger partial charge on any atom is 0.0227 e. The van der Waals surface area contributed by atoms with Crippen LogP contribution in [-0.2, 0) is 0 Å². The lowest BCUT2D eigenvalue weighted by atomic mass is 10.0. The van der Waals surface area contributed by atoms with Crippen LogP contribution in [0.15, 0.2) is 35.4 Å². The molecule has 0 atom stereocenters.